The molecular formula is C63H60N4. The summed E-state index contributed by atoms with van der Waals surface area (Å²) in [6.45, 7) is 19.5. The van der Waals surface area contributed by atoms with E-state index in [-0.39, 0.29) is 0 Å². The quantitative estimate of drug-likeness (QED) is 0.121. The molecule has 67 heavy (non-hydrogen) atoms. The zero-order chi connectivity index (χ0) is 46.8. The summed E-state index contributed by atoms with van der Waals surface area (Å²) in [5.74, 6) is 0. The van der Waals surface area contributed by atoms with Gasteiger partial charge in [0.1, 0.15) is 0 Å². The number of nitrogens with zero attached hydrogens (tertiary/aromatic N) is 4. The van der Waals surface area contributed by atoms with Gasteiger partial charge in [0, 0.05) is 34.1 Å². The van der Waals surface area contributed by atoms with Gasteiger partial charge in [0.2, 0.25) is 0 Å². The first-order chi connectivity index (χ1) is 32.4. The van der Waals surface area contributed by atoms with Crippen LogP contribution in [0.1, 0.15) is 50.1 Å². The molecule has 0 N–H and O–H groups in total. The van der Waals surface area contributed by atoms with Gasteiger partial charge in [-0.05, 0) is 188 Å². The fourth-order valence-electron chi connectivity index (χ4n) is 8.84. The maximum Gasteiger partial charge on any atom is 0.0705 e. The lowest BCUT2D eigenvalue weighted by atomic mass is 10.0. The Morgan fingerprint density at radius 2 is 0.328 bits per heavy atom. The maximum absolute atomic E-state index is 2.51. The normalized spacial score (nSPS) is 11.1. The van der Waals surface area contributed by atoms with Crippen LogP contribution in [-0.4, -0.2) is 0 Å². The summed E-state index contributed by atoms with van der Waals surface area (Å²) in [5, 5.41) is 0. The van der Waals surface area contributed by atoms with Gasteiger partial charge >= 0.3 is 0 Å². The van der Waals surface area contributed by atoms with Crippen molar-refractivity contribution >= 4 is 68.2 Å². The zero-order valence-corrected chi connectivity index (χ0v) is 40.3. The molecule has 0 fully saturated rings. The van der Waals surface area contributed by atoms with Crippen LogP contribution in [0.2, 0.25) is 0 Å². The number of anilines is 12. The molecule has 4 nitrogen and oxygen atoms in total. The molecule has 9 aromatic rings. The van der Waals surface area contributed by atoms with Crippen molar-refractivity contribution in [3.8, 4) is 0 Å². The highest BCUT2D eigenvalue weighted by molar-refractivity contribution is 6.01. The highest BCUT2D eigenvalue weighted by Gasteiger charge is 2.30. The van der Waals surface area contributed by atoms with E-state index in [2.05, 4.69) is 282 Å². The Hall–Kier alpha value is -7.82. The minimum atomic E-state index is 1.03. The lowest BCUT2D eigenvalue weighted by molar-refractivity contribution is 1.17. The van der Waals surface area contributed by atoms with Crippen LogP contribution in [-0.2, 0) is 0 Å². The molecule has 9 aromatic carbocycles. The van der Waals surface area contributed by atoms with Gasteiger partial charge in [-0.25, -0.2) is 0 Å². The smallest absolute Gasteiger partial charge is 0.0705 e. The minimum Gasteiger partial charge on any atom is -0.308 e. The van der Waals surface area contributed by atoms with Crippen LogP contribution in [0.25, 0.3) is 0 Å². The van der Waals surface area contributed by atoms with Gasteiger partial charge in [0.15, 0.2) is 0 Å². The number of benzene rings is 9. The summed E-state index contributed by atoms with van der Waals surface area (Å²) in [7, 11) is 0. The van der Waals surface area contributed by atoms with Crippen molar-refractivity contribution in [1.82, 2.24) is 0 Å². The van der Waals surface area contributed by atoms with Crippen molar-refractivity contribution in [1.29, 1.82) is 0 Å². The van der Waals surface area contributed by atoms with E-state index in [9.17, 15) is 0 Å². The fraction of sp³-hybridized carbons (Fsp3) is 0.143. The number of rotatable bonds is 12. The summed E-state index contributed by atoms with van der Waals surface area (Å²) < 4.78 is 0. The van der Waals surface area contributed by atoms with Gasteiger partial charge < -0.3 is 19.6 Å². The van der Waals surface area contributed by atoms with Gasteiger partial charge in [-0.15, -0.1) is 0 Å². The third kappa shape index (κ3) is 9.48. The molecule has 0 bridgehead atoms. The van der Waals surface area contributed by atoms with Gasteiger partial charge in [0.05, 0.1) is 34.1 Å². The third-order valence-corrected chi connectivity index (χ3v) is 12.6. The van der Waals surface area contributed by atoms with Crippen molar-refractivity contribution in [2.75, 3.05) is 19.6 Å². The number of aryl methyl sites for hydroxylation is 9. The second kappa shape index (κ2) is 19.0. The number of hydrogen-bond donors (Lipinski definition) is 0. The predicted molar refractivity (Wildman–Crippen MR) is 288 cm³/mol. The Balaban J connectivity index is 1.41. The lowest BCUT2D eigenvalue weighted by Gasteiger charge is -2.38. The number of hydrogen-bond acceptors (Lipinski definition) is 4. The van der Waals surface area contributed by atoms with Gasteiger partial charge in [-0.3, -0.25) is 0 Å². The summed E-state index contributed by atoms with van der Waals surface area (Å²) in [6, 6.07) is 74.2. The summed E-state index contributed by atoms with van der Waals surface area (Å²) in [6.07, 6.45) is 0. The van der Waals surface area contributed by atoms with Crippen molar-refractivity contribution in [3.63, 3.8) is 0 Å². The standard InChI is InChI=1S/C63H60N4/c1-43-10-25-52(26-11-43)64(53-27-12-44(2)13-28-53)61-40-49(7)22-37-58(61)67(59-38-23-50(8)41-62(59)65(54-29-14-45(3)15-30-54)55-31-16-46(4)17-32-55)60-39-24-51(9)42-63(60)66(56-33-18-47(5)19-34-56)57-35-20-48(6)21-36-57/h10-42H,1-9H3. The fourth-order valence-corrected chi connectivity index (χ4v) is 8.84. The van der Waals surface area contributed by atoms with E-state index >= 15 is 0 Å². The lowest BCUT2D eigenvalue weighted by Crippen LogP contribution is -2.22. The average Bonchev–Trinajstić information content (AvgIpc) is 3.32. The second-order valence-electron chi connectivity index (χ2n) is 18.3. The van der Waals surface area contributed by atoms with Gasteiger partial charge in [0.25, 0.3) is 0 Å². The highest BCUT2D eigenvalue weighted by Crippen LogP contribution is 2.54. The molecule has 0 heterocycles. The van der Waals surface area contributed by atoms with Crippen molar-refractivity contribution in [2.24, 2.45) is 0 Å². The topological polar surface area (TPSA) is 13.0 Å². The molecule has 0 radical (unpaired) electrons. The molecule has 0 aliphatic heterocycles. The predicted octanol–water partition coefficient (Wildman–Crippen LogP) is 18.3. The second-order valence-corrected chi connectivity index (χ2v) is 18.3. The third-order valence-electron chi connectivity index (χ3n) is 12.6. The molecule has 0 saturated carbocycles. The SMILES string of the molecule is Cc1ccc(N(c2ccc(C)cc2)c2cc(C)ccc2N(c2ccc(C)cc2N(c2ccc(C)cc2)c2ccc(C)cc2)c2ccc(C)cc2N(c2ccc(C)cc2)c2ccc(C)cc2)cc1. The average molecular weight is 873 g/mol. The maximum atomic E-state index is 2.51. The minimum absolute atomic E-state index is 1.03. The Morgan fingerprint density at radius 3 is 0.507 bits per heavy atom. The highest BCUT2D eigenvalue weighted by atomic mass is 15.3. The van der Waals surface area contributed by atoms with Crippen LogP contribution in [0.5, 0.6) is 0 Å². The molecule has 4 heteroatoms. The van der Waals surface area contributed by atoms with Gasteiger partial charge in [-0.2, -0.15) is 0 Å². The van der Waals surface area contributed by atoms with Crippen LogP contribution in [0.3, 0.4) is 0 Å². The van der Waals surface area contributed by atoms with Crippen LogP contribution >= 0.6 is 0 Å². The largest absolute Gasteiger partial charge is 0.308 e. The Bertz CT molecular complexity index is 2650. The molecule has 0 amide bonds. The summed E-state index contributed by atoms with van der Waals surface area (Å²) >= 11 is 0. The van der Waals surface area contributed by atoms with E-state index in [0.717, 1.165) is 84.9 Å². The van der Waals surface area contributed by atoms with Crippen molar-refractivity contribution < 1.29 is 0 Å². The summed E-state index contributed by atoms with van der Waals surface area (Å²) in [4.78, 5) is 9.78. The molecule has 0 unspecified atom stereocenters. The molecule has 9 rings (SSSR count). The molecular weight excluding hydrogens is 813 g/mol. The van der Waals surface area contributed by atoms with E-state index in [1.165, 1.54) is 33.4 Å². The summed E-state index contributed by atoms with van der Waals surface area (Å²) in [5.41, 5.74) is 23.5. The van der Waals surface area contributed by atoms with E-state index in [1.807, 2.05) is 0 Å². The van der Waals surface area contributed by atoms with E-state index < -0.39 is 0 Å². The first-order valence-corrected chi connectivity index (χ1v) is 23.3. The Kier molecular flexibility index (Phi) is 12.6. The van der Waals surface area contributed by atoms with Crippen molar-refractivity contribution in [3.05, 3.63) is 250 Å². The molecule has 0 aliphatic rings. The Labute approximate surface area is 398 Å². The first-order valence-electron chi connectivity index (χ1n) is 23.3. The monoisotopic (exact) mass is 872 g/mol. The van der Waals surface area contributed by atoms with E-state index in [0.29, 0.717) is 0 Å². The zero-order valence-electron chi connectivity index (χ0n) is 40.3. The first kappa shape index (κ1) is 44.4. The Morgan fingerprint density at radius 1 is 0.164 bits per heavy atom. The van der Waals surface area contributed by atoms with Crippen LogP contribution < -0.4 is 19.6 Å². The van der Waals surface area contributed by atoms with E-state index in [1.54, 1.807) is 0 Å². The van der Waals surface area contributed by atoms with Gasteiger partial charge in [-0.1, -0.05) is 124 Å². The van der Waals surface area contributed by atoms with Crippen LogP contribution in [0, 0.1) is 62.3 Å². The molecule has 0 spiro atoms. The van der Waals surface area contributed by atoms with E-state index in [4.69, 9.17) is 0 Å². The van der Waals surface area contributed by atoms with Crippen molar-refractivity contribution in [2.45, 2.75) is 62.3 Å². The molecule has 332 valence electrons. The molecule has 0 aliphatic carbocycles. The molecule has 0 aromatic heterocycles. The van der Waals surface area contributed by atoms with Crippen LogP contribution in [0.4, 0.5) is 68.2 Å². The van der Waals surface area contributed by atoms with Crippen LogP contribution in [0.15, 0.2) is 200 Å². The molecule has 0 atom stereocenters. The molecule has 0 saturated heterocycles.